The topological polar surface area (TPSA) is 71.3 Å². The first-order valence-corrected chi connectivity index (χ1v) is 8.65. The number of amides is 1. The van der Waals surface area contributed by atoms with Gasteiger partial charge in [0.1, 0.15) is 0 Å². The quantitative estimate of drug-likeness (QED) is 0.933. The maximum Gasteiger partial charge on any atom is 0.227 e. The third-order valence-electron chi connectivity index (χ3n) is 5.07. The van der Waals surface area contributed by atoms with Crippen LogP contribution in [0.3, 0.4) is 0 Å². The first kappa shape index (κ1) is 15.3. The zero-order chi connectivity index (χ0) is 16.5. The summed E-state index contributed by atoms with van der Waals surface area (Å²) in [6.07, 6.45) is 2.36. The van der Waals surface area contributed by atoms with Crippen molar-refractivity contribution in [2.75, 3.05) is 24.5 Å². The fourth-order valence-electron chi connectivity index (χ4n) is 3.55. The number of nitrogens with one attached hydrogen (secondary N) is 1. The van der Waals surface area contributed by atoms with Gasteiger partial charge in [0.2, 0.25) is 17.6 Å². The standard InChI is InChI=1S/C18H22N4O2/c1-12-10-19-11-14(12)9-16-20-18(21-24-16)13-4-2-5-15(8-13)22-7-3-6-17(22)23/h2,4-5,8,12,14,19H,3,6-7,9-11H2,1H3/t12-,14-/m1/s1. The predicted molar refractivity (Wildman–Crippen MR) is 90.5 cm³/mol. The van der Waals surface area contributed by atoms with E-state index in [-0.39, 0.29) is 5.91 Å². The molecule has 126 valence electrons. The van der Waals surface area contributed by atoms with Crippen LogP contribution in [-0.4, -0.2) is 35.7 Å². The van der Waals surface area contributed by atoms with Crippen molar-refractivity contribution in [3.8, 4) is 11.4 Å². The van der Waals surface area contributed by atoms with Crippen LogP contribution in [0, 0.1) is 11.8 Å². The van der Waals surface area contributed by atoms with Crippen LogP contribution < -0.4 is 10.2 Å². The molecule has 2 fully saturated rings. The van der Waals surface area contributed by atoms with Crippen LogP contribution >= 0.6 is 0 Å². The minimum absolute atomic E-state index is 0.184. The minimum atomic E-state index is 0.184. The van der Waals surface area contributed by atoms with E-state index in [1.54, 1.807) is 0 Å². The minimum Gasteiger partial charge on any atom is -0.339 e. The molecule has 4 rings (SSSR count). The van der Waals surface area contributed by atoms with Crippen LogP contribution in [0.5, 0.6) is 0 Å². The van der Waals surface area contributed by atoms with Gasteiger partial charge in [-0.1, -0.05) is 24.2 Å². The normalized spacial score (nSPS) is 24.0. The zero-order valence-electron chi connectivity index (χ0n) is 13.9. The number of hydrogen-bond acceptors (Lipinski definition) is 5. The summed E-state index contributed by atoms with van der Waals surface area (Å²) in [7, 11) is 0. The van der Waals surface area contributed by atoms with Crippen LogP contribution in [0.1, 0.15) is 25.7 Å². The second-order valence-electron chi connectivity index (χ2n) is 6.81. The molecule has 0 aliphatic carbocycles. The molecule has 2 aliphatic rings. The number of benzene rings is 1. The number of carbonyl (C=O) groups excluding carboxylic acids is 1. The lowest BCUT2D eigenvalue weighted by atomic mass is 9.95. The Bertz CT molecular complexity index is 742. The molecule has 2 aliphatic heterocycles. The third-order valence-corrected chi connectivity index (χ3v) is 5.07. The van der Waals surface area contributed by atoms with E-state index >= 15 is 0 Å². The summed E-state index contributed by atoms with van der Waals surface area (Å²) in [5, 5.41) is 7.53. The number of aromatic nitrogens is 2. The van der Waals surface area contributed by atoms with Crippen LogP contribution in [0.2, 0.25) is 0 Å². The highest BCUT2D eigenvalue weighted by Gasteiger charge is 2.26. The molecule has 1 aromatic heterocycles. The molecule has 6 nitrogen and oxygen atoms in total. The van der Waals surface area contributed by atoms with Gasteiger partial charge >= 0.3 is 0 Å². The summed E-state index contributed by atoms with van der Waals surface area (Å²) >= 11 is 0. The average molecular weight is 326 g/mol. The molecule has 0 radical (unpaired) electrons. The molecule has 6 heteroatoms. The van der Waals surface area contributed by atoms with Gasteiger partial charge in [-0.15, -0.1) is 0 Å². The summed E-state index contributed by atoms with van der Waals surface area (Å²) in [4.78, 5) is 18.3. The Morgan fingerprint density at radius 1 is 1.38 bits per heavy atom. The van der Waals surface area contributed by atoms with Gasteiger partial charge in [0, 0.05) is 30.6 Å². The van der Waals surface area contributed by atoms with Crippen molar-refractivity contribution >= 4 is 11.6 Å². The van der Waals surface area contributed by atoms with Gasteiger partial charge < -0.3 is 14.7 Å². The molecule has 1 N–H and O–H groups in total. The number of nitrogens with zero attached hydrogens (tertiary/aromatic N) is 3. The van der Waals surface area contributed by atoms with Crippen LogP contribution in [0.4, 0.5) is 5.69 Å². The van der Waals surface area contributed by atoms with E-state index in [4.69, 9.17) is 4.52 Å². The van der Waals surface area contributed by atoms with Gasteiger partial charge in [-0.2, -0.15) is 4.98 Å². The number of carbonyl (C=O) groups is 1. The lowest BCUT2D eigenvalue weighted by Crippen LogP contribution is -2.23. The summed E-state index contributed by atoms with van der Waals surface area (Å²) < 4.78 is 5.45. The number of rotatable bonds is 4. The maximum atomic E-state index is 11.9. The van der Waals surface area contributed by atoms with Crippen molar-refractivity contribution < 1.29 is 9.32 Å². The molecule has 0 unspecified atom stereocenters. The van der Waals surface area contributed by atoms with Crippen molar-refractivity contribution in [1.82, 2.24) is 15.5 Å². The van der Waals surface area contributed by atoms with Gasteiger partial charge in [-0.05, 0) is 43.5 Å². The molecule has 2 aromatic rings. The smallest absolute Gasteiger partial charge is 0.227 e. The molecule has 0 saturated carbocycles. The second-order valence-corrected chi connectivity index (χ2v) is 6.81. The van der Waals surface area contributed by atoms with E-state index < -0.39 is 0 Å². The Morgan fingerprint density at radius 2 is 2.29 bits per heavy atom. The van der Waals surface area contributed by atoms with E-state index in [1.165, 1.54) is 0 Å². The van der Waals surface area contributed by atoms with Crippen molar-refractivity contribution in [3.05, 3.63) is 30.2 Å². The highest BCUT2D eigenvalue weighted by Crippen LogP contribution is 2.27. The Morgan fingerprint density at radius 3 is 3.04 bits per heavy atom. The summed E-state index contributed by atoms with van der Waals surface area (Å²) in [6.45, 7) is 5.09. The first-order chi connectivity index (χ1) is 11.7. The Balaban J connectivity index is 1.53. The second kappa shape index (κ2) is 6.36. The van der Waals surface area contributed by atoms with Gasteiger partial charge in [0.15, 0.2) is 0 Å². The zero-order valence-corrected chi connectivity index (χ0v) is 13.9. The molecule has 2 atom stereocenters. The maximum absolute atomic E-state index is 11.9. The number of hydrogen-bond donors (Lipinski definition) is 1. The van der Waals surface area contributed by atoms with Crippen molar-refractivity contribution in [1.29, 1.82) is 0 Å². The highest BCUT2D eigenvalue weighted by molar-refractivity contribution is 5.95. The largest absolute Gasteiger partial charge is 0.339 e. The van der Waals surface area contributed by atoms with Gasteiger partial charge in [0.05, 0.1) is 0 Å². The molecule has 1 amide bonds. The predicted octanol–water partition coefficient (Wildman–Crippen LogP) is 2.26. The molecular formula is C18H22N4O2. The Labute approximate surface area is 141 Å². The Hall–Kier alpha value is -2.21. The lowest BCUT2D eigenvalue weighted by Gasteiger charge is -2.15. The molecule has 24 heavy (non-hydrogen) atoms. The fourth-order valence-corrected chi connectivity index (χ4v) is 3.55. The van der Waals surface area contributed by atoms with Gasteiger partial charge in [-0.3, -0.25) is 4.79 Å². The summed E-state index contributed by atoms with van der Waals surface area (Å²) in [5.41, 5.74) is 1.80. The third kappa shape index (κ3) is 2.94. The number of anilines is 1. The van der Waals surface area contributed by atoms with E-state index in [9.17, 15) is 4.79 Å². The Kier molecular flexibility index (Phi) is 4.06. The summed E-state index contributed by atoms with van der Waals surface area (Å²) in [5.74, 6) is 2.64. The van der Waals surface area contributed by atoms with Crippen molar-refractivity contribution in [3.63, 3.8) is 0 Å². The van der Waals surface area contributed by atoms with Gasteiger partial charge in [0.25, 0.3) is 0 Å². The van der Waals surface area contributed by atoms with Crippen LogP contribution in [0.15, 0.2) is 28.8 Å². The first-order valence-electron chi connectivity index (χ1n) is 8.65. The molecular weight excluding hydrogens is 304 g/mol. The van der Waals surface area contributed by atoms with E-state index in [0.29, 0.717) is 30.0 Å². The molecule has 1 aromatic carbocycles. The monoisotopic (exact) mass is 326 g/mol. The van der Waals surface area contributed by atoms with Crippen molar-refractivity contribution in [2.45, 2.75) is 26.2 Å². The fraction of sp³-hybridized carbons (Fsp3) is 0.500. The lowest BCUT2D eigenvalue weighted by molar-refractivity contribution is -0.117. The SMILES string of the molecule is C[C@@H]1CNC[C@H]1Cc1nc(-c2cccc(N3CCCC3=O)c2)no1. The summed E-state index contributed by atoms with van der Waals surface area (Å²) in [6, 6.07) is 7.82. The highest BCUT2D eigenvalue weighted by atomic mass is 16.5. The molecule has 0 spiro atoms. The van der Waals surface area contributed by atoms with E-state index in [0.717, 1.165) is 43.7 Å². The van der Waals surface area contributed by atoms with Crippen LogP contribution in [-0.2, 0) is 11.2 Å². The van der Waals surface area contributed by atoms with Crippen molar-refractivity contribution in [2.24, 2.45) is 11.8 Å². The molecule has 2 saturated heterocycles. The van der Waals surface area contributed by atoms with E-state index in [2.05, 4.69) is 22.4 Å². The van der Waals surface area contributed by atoms with Crippen LogP contribution in [0.25, 0.3) is 11.4 Å². The van der Waals surface area contributed by atoms with E-state index in [1.807, 2.05) is 29.2 Å². The van der Waals surface area contributed by atoms with Gasteiger partial charge in [-0.25, -0.2) is 0 Å². The molecule has 0 bridgehead atoms. The average Bonchev–Trinajstić information content (AvgIpc) is 3.31. The molecule has 3 heterocycles.